The second-order valence-corrected chi connectivity index (χ2v) is 7.89. The van der Waals surface area contributed by atoms with Gasteiger partial charge in [-0.05, 0) is 25.1 Å². The molecule has 1 aromatic heterocycles. The lowest BCUT2D eigenvalue weighted by Gasteiger charge is -2.35. The molecule has 3 heterocycles. The van der Waals surface area contributed by atoms with Gasteiger partial charge >= 0.3 is 6.09 Å². The van der Waals surface area contributed by atoms with Crippen LogP contribution >= 0.6 is 0 Å². The van der Waals surface area contributed by atoms with E-state index in [9.17, 15) is 4.79 Å². The average Bonchev–Trinajstić information content (AvgIpc) is 3.31. The third-order valence-corrected chi connectivity index (χ3v) is 5.60. The van der Waals surface area contributed by atoms with Crippen LogP contribution < -0.4 is 15.4 Å². The summed E-state index contributed by atoms with van der Waals surface area (Å²) in [5.74, 6) is 1.39. The number of fused-ring (bicyclic) bond motifs is 1. The first kappa shape index (κ1) is 21.0. The number of aromatic nitrogens is 2. The number of hydrogen-bond donors (Lipinski definition) is 2. The lowest BCUT2D eigenvalue weighted by molar-refractivity contribution is 0.0921. The lowest BCUT2D eigenvalue weighted by Crippen LogP contribution is -2.52. The molecule has 2 atom stereocenters. The number of rotatable bonds is 7. The number of anilines is 2. The van der Waals surface area contributed by atoms with Crippen molar-refractivity contribution in [1.29, 1.82) is 5.41 Å². The van der Waals surface area contributed by atoms with E-state index in [1.165, 1.54) is 0 Å². The van der Waals surface area contributed by atoms with Crippen LogP contribution in [0, 0.1) is 5.41 Å². The minimum Gasteiger partial charge on any atom is -0.488 e. The summed E-state index contributed by atoms with van der Waals surface area (Å²) in [7, 11) is 3.43. The molecule has 0 radical (unpaired) electrons. The first-order valence-electron chi connectivity index (χ1n) is 10.2. The van der Waals surface area contributed by atoms with E-state index in [0.717, 1.165) is 5.82 Å². The molecule has 0 aliphatic carbocycles. The van der Waals surface area contributed by atoms with Gasteiger partial charge in [-0.25, -0.2) is 4.79 Å². The summed E-state index contributed by atoms with van der Waals surface area (Å²) in [5.41, 5.74) is 8.16. The Morgan fingerprint density at radius 3 is 2.97 bits per heavy atom. The van der Waals surface area contributed by atoms with E-state index in [0.29, 0.717) is 55.5 Å². The zero-order chi connectivity index (χ0) is 22.1. The fourth-order valence-electron chi connectivity index (χ4n) is 4.00. The molecular formula is C21H28N6O4. The number of nitrogens with zero attached hydrogens (tertiary/aromatic N) is 4. The summed E-state index contributed by atoms with van der Waals surface area (Å²) < 4.78 is 17.8. The number of carbonyl (C=O) groups excluding carboxylic acids is 1. The fourth-order valence-corrected chi connectivity index (χ4v) is 4.00. The van der Waals surface area contributed by atoms with Gasteiger partial charge in [-0.2, -0.15) is 5.10 Å². The Morgan fingerprint density at radius 1 is 1.39 bits per heavy atom. The summed E-state index contributed by atoms with van der Waals surface area (Å²) in [5, 5.41) is 13.4. The molecule has 4 rings (SSSR count). The molecule has 2 aliphatic rings. The van der Waals surface area contributed by atoms with Crippen molar-refractivity contribution in [2.45, 2.75) is 19.1 Å². The molecule has 0 saturated carbocycles. The molecule has 3 N–H and O–H groups in total. The van der Waals surface area contributed by atoms with Gasteiger partial charge < -0.3 is 24.8 Å². The van der Waals surface area contributed by atoms with Crippen molar-refractivity contribution < 1.29 is 19.0 Å². The van der Waals surface area contributed by atoms with Gasteiger partial charge in [0.05, 0.1) is 24.1 Å². The standard InChI is InChI=1S/C21H28N6O4/c1-13(11-29-3)31-15-4-5-17(22)16(8-15)20(23)18-9-19(24-25(18)2)26-6-7-27-14(10-26)12-30-21(27)28/h4-5,8-9,13-14,23H,6-7,10-12,22H2,1-3H3/t13-,14?/m0/s1. The van der Waals surface area contributed by atoms with Crippen molar-refractivity contribution in [1.82, 2.24) is 14.7 Å². The number of ether oxygens (including phenoxy) is 3. The third-order valence-electron chi connectivity index (χ3n) is 5.60. The van der Waals surface area contributed by atoms with Crippen molar-refractivity contribution in [3.05, 3.63) is 35.5 Å². The van der Waals surface area contributed by atoms with Gasteiger partial charge in [0.15, 0.2) is 5.82 Å². The highest BCUT2D eigenvalue weighted by Crippen LogP contribution is 2.27. The van der Waals surface area contributed by atoms with Crippen LogP contribution in [0.25, 0.3) is 0 Å². The Bertz CT molecular complexity index is 990. The molecule has 1 aromatic carbocycles. The number of piperazine rings is 1. The smallest absolute Gasteiger partial charge is 0.410 e. The van der Waals surface area contributed by atoms with E-state index in [1.807, 2.05) is 20.0 Å². The normalized spacial score (nSPS) is 19.2. The second kappa shape index (κ2) is 8.46. The van der Waals surface area contributed by atoms with Crippen molar-refractivity contribution in [3.8, 4) is 5.75 Å². The van der Waals surface area contributed by atoms with Crippen LogP contribution in [0.5, 0.6) is 5.75 Å². The highest BCUT2D eigenvalue weighted by molar-refractivity contribution is 6.13. The highest BCUT2D eigenvalue weighted by Gasteiger charge is 2.38. The van der Waals surface area contributed by atoms with E-state index in [1.54, 1.807) is 34.9 Å². The number of carbonyl (C=O) groups is 1. The predicted octanol–water partition coefficient (Wildman–Crippen LogP) is 1.47. The highest BCUT2D eigenvalue weighted by atomic mass is 16.6. The minimum atomic E-state index is -0.245. The van der Waals surface area contributed by atoms with Crippen molar-refractivity contribution in [2.24, 2.45) is 7.05 Å². The molecule has 0 bridgehead atoms. The summed E-state index contributed by atoms with van der Waals surface area (Å²) in [6, 6.07) is 7.22. The van der Waals surface area contributed by atoms with Gasteiger partial charge in [0.2, 0.25) is 0 Å². The number of hydrogen-bond acceptors (Lipinski definition) is 8. The topological polar surface area (TPSA) is 119 Å². The molecular weight excluding hydrogens is 400 g/mol. The number of methoxy groups -OCH3 is 1. The summed E-state index contributed by atoms with van der Waals surface area (Å²) in [6.45, 7) is 4.69. The van der Waals surface area contributed by atoms with Crippen molar-refractivity contribution in [3.63, 3.8) is 0 Å². The van der Waals surface area contributed by atoms with E-state index in [4.69, 9.17) is 25.4 Å². The fraction of sp³-hybridized carbons (Fsp3) is 0.476. The molecule has 1 amide bonds. The maximum absolute atomic E-state index is 11.7. The van der Waals surface area contributed by atoms with Gasteiger partial charge in [0.25, 0.3) is 0 Å². The Kier molecular flexibility index (Phi) is 5.73. The number of nitrogen functional groups attached to an aromatic ring is 1. The van der Waals surface area contributed by atoms with Gasteiger partial charge in [-0.3, -0.25) is 15.0 Å². The maximum atomic E-state index is 11.7. The SMILES string of the molecule is COC[C@H](C)Oc1ccc(N)c(C(=N)c2cc(N3CCN4C(=O)OCC4C3)nn2C)c1. The Hall–Kier alpha value is -3.27. The maximum Gasteiger partial charge on any atom is 0.410 e. The van der Waals surface area contributed by atoms with Gasteiger partial charge in [0, 0.05) is 51.1 Å². The molecule has 0 spiro atoms. The number of amides is 1. The molecule has 2 aromatic rings. The quantitative estimate of drug-likeness (QED) is 0.506. The molecule has 2 aliphatic heterocycles. The Labute approximate surface area is 181 Å². The van der Waals surface area contributed by atoms with Crippen LogP contribution in [0.2, 0.25) is 0 Å². The van der Waals surface area contributed by atoms with Gasteiger partial charge in [-0.1, -0.05) is 0 Å². The molecule has 1 unspecified atom stereocenters. The summed E-state index contributed by atoms with van der Waals surface area (Å²) >= 11 is 0. The van der Waals surface area contributed by atoms with E-state index < -0.39 is 0 Å². The molecule has 31 heavy (non-hydrogen) atoms. The monoisotopic (exact) mass is 428 g/mol. The lowest BCUT2D eigenvalue weighted by atomic mass is 10.0. The van der Waals surface area contributed by atoms with E-state index in [-0.39, 0.29) is 24.0 Å². The minimum absolute atomic E-state index is 0.0322. The van der Waals surface area contributed by atoms with Crippen molar-refractivity contribution >= 4 is 23.3 Å². The molecule has 10 heteroatoms. The Balaban J connectivity index is 1.53. The number of nitrogens with two attached hydrogens (primary N) is 1. The van der Waals surface area contributed by atoms with Crippen LogP contribution in [0.4, 0.5) is 16.3 Å². The van der Waals surface area contributed by atoms with Crippen LogP contribution in [0.15, 0.2) is 24.3 Å². The Morgan fingerprint density at radius 2 is 2.19 bits per heavy atom. The van der Waals surface area contributed by atoms with Crippen LogP contribution in [-0.4, -0.2) is 78.6 Å². The zero-order valence-corrected chi connectivity index (χ0v) is 18.0. The number of cyclic esters (lactones) is 1. The molecule has 166 valence electrons. The largest absolute Gasteiger partial charge is 0.488 e. The van der Waals surface area contributed by atoms with Crippen LogP contribution in [-0.2, 0) is 16.5 Å². The molecule has 10 nitrogen and oxygen atoms in total. The summed E-state index contributed by atoms with van der Waals surface area (Å²) in [6.07, 6.45) is -0.366. The first-order valence-corrected chi connectivity index (χ1v) is 10.2. The van der Waals surface area contributed by atoms with E-state index >= 15 is 0 Å². The average molecular weight is 428 g/mol. The number of aryl methyl sites for hydroxylation is 1. The predicted molar refractivity (Wildman–Crippen MR) is 116 cm³/mol. The van der Waals surface area contributed by atoms with Crippen molar-refractivity contribution in [2.75, 3.05) is 50.6 Å². The van der Waals surface area contributed by atoms with Gasteiger partial charge in [0.1, 0.15) is 18.5 Å². The molecule has 2 fully saturated rings. The summed E-state index contributed by atoms with van der Waals surface area (Å²) in [4.78, 5) is 15.6. The number of benzene rings is 1. The van der Waals surface area contributed by atoms with E-state index in [2.05, 4.69) is 10.00 Å². The third kappa shape index (κ3) is 4.15. The first-order chi connectivity index (χ1) is 14.9. The second-order valence-electron chi connectivity index (χ2n) is 7.89. The molecule has 2 saturated heterocycles. The zero-order valence-electron chi connectivity index (χ0n) is 18.0. The van der Waals surface area contributed by atoms with Crippen LogP contribution in [0.3, 0.4) is 0 Å². The van der Waals surface area contributed by atoms with Gasteiger partial charge in [-0.15, -0.1) is 0 Å². The number of nitrogens with one attached hydrogen (secondary N) is 1. The van der Waals surface area contributed by atoms with Crippen LogP contribution in [0.1, 0.15) is 18.2 Å².